The van der Waals surface area contributed by atoms with Gasteiger partial charge in [-0.2, -0.15) is 0 Å². The van der Waals surface area contributed by atoms with Crippen LogP contribution in [0.2, 0.25) is 5.02 Å². The molecular formula is C25H27Cl2NO3S. The van der Waals surface area contributed by atoms with E-state index in [9.17, 15) is 13.5 Å². The largest absolute Gasteiger partial charge is 0.507 e. The average Bonchev–Trinajstić information content (AvgIpc) is 2.92. The molecule has 3 aromatic rings. The maximum Gasteiger partial charge on any atom is 0.210 e. The number of fused-ring (bicyclic) bond motifs is 1. The maximum absolute atomic E-state index is 13.3. The van der Waals surface area contributed by atoms with Crippen LogP contribution in [0.25, 0.3) is 0 Å². The van der Waals surface area contributed by atoms with E-state index < -0.39 is 9.84 Å². The summed E-state index contributed by atoms with van der Waals surface area (Å²) >= 11 is 6.10. The van der Waals surface area contributed by atoms with E-state index in [1.807, 2.05) is 37.3 Å². The standard InChI is InChI=1S/C25H26ClNO3S.ClH/c1-17-13-19(5-8-23(17)26)14-18-3-6-22(7-4-18)31(29,30)25-16-21-10-12-27(2)11-9-20(21)15-24(25)28;/h3-8,13,15-16,28H,9-12,14H2,1-2H3;1H. The number of phenolic OH excluding ortho intramolecular Hbond substituents is 1. The molecule has 0 bridgehead atoms. The van der Waals surface area contributed by atoms with Crippen molar-refractivity contribution in [1.29, 1.82) is 0 Å². The van der Waals surface area contributed by atoms with Crippen LogP contribution in [-0.4, -0.2) is 38.6 Å². The Hall–Kier alpha value is -2.05. The maximum atomic E-state index is 13.3. The van der Waals surface area contributed by atoms with E-state index >= 15 is 0 Å². The molecule has 4 nitrogen and oxygen atoms in total. The zero-order valence-corrected chi connectivity index (χ0v) is 20.5. The molecule has 0 saturated carbocycles. The molecule has 1 aliphatic heterocycles. The molecular weight excluding hydrogens is 465 g/mol. The quantitative estimate of drug-likeness (QED) is 0.542. The molecule has 170 valence electrons. The van der Waals surface area contributed by atoms with Crippen LogP contribution in [-0.2, 0) is 29.1 Å². The normalized spacial score (nSPS) is 14.3. The van der Waals surface area contributed by atoms with Crippen molar-refractivity contribution in [3.8, 4) is 5.75 Å². The number of benzene rings is 3. The Morgan fingerprint density at radius 3 is 2.16 bits per heavy atom. The molecule has 7 heteroatoms. The van der Waals surface area contributed by atoms with Crippen molar-refractivity contribution in [2.24, 2.45) is 0 Å². The predicted molar refractivity (Wildman–Crippen MR) is 131 cm³/mol. The first-order chi connectivity index (χ1) is 14.7. The van der Waals surface area contributed by atoms with Crippen molar-refractivity contribution in [3.05, 3.63) is 87.4 Å². The van der Waals surface area contributed by atoms with E-state index in [2.05, 4.69) is 11.9 Å². The monoisotopic (exact) mass is 491 g/mol. The number of hydrogen-bond acceptors (Lipinski definition) is 4. The second kappa shape index (κ2) is 9.84. The molecule has 0 spiro atoms. The van der Waals surface area contributed by atoms with Gasteiger partial charge in [0.1, 0.15) is 10.6 Å². The Labute approximate surface area is 201 Å². The van der Waals surface area contributed by atoms with Crippen LogP contribution in [0.3, 0.4) is 0 Å². The Morgan fingerprint density at radius 2 is 1.53 bits per heavy atom. The minimum atomic E-state index is -3.81. The Bertz CT molecular complexity index is 1220. The lowest BCUT2D eigenvalue weighted by Gasteiger charge is -2.12. The molecule has 0 unspecified atom stereocenters. The van der Waals surface area contributed by atoms with E-state index in [4.69, 9.17) is 11.6 Å². The van der Waals surface area contributed by atoms with Crippen LogP contribution in [0.15, 0.2) is 64.4 Å². The fourth-order valence-corrected chi connectivity index (χ4v) is 5.53. The third-order valence-corrected chi connectivity index (χ3v) is 8.18. The topological polar surface area (TPSA) is 57.6 Å². The van der Waals surface area contributed by atoms with E-state index in [0.717, 1.165) is 58.8 Å². The van der Waals surface area contributed by atoms with E-state index in [0.29, 0.717) is 6.42 Å². The lowest BCUT2D eigenvalue weighted by molar-refractivity contribution is 0.352. The molecule has 32 heavy (non-hydrogen) atoms. The summed E-state index contributed by atoms with van der Waals surface area (Å²) in [7, 11) is -1.76. The van der Waals surface area contributed by atoms with Crippen molar-refractivity contribution in [2.45, 2.75) is 36.0 Å². The summed E-state index contributed by atoms with van der Waals surface area (Å²) in [5.41, 5.74) is 5.16. The molecule has 1 heterocycles. The van der Waals surface area contributed by atoms with Crippen LogP contribution in [0.4, 0.5) is 0 Å². The number of nitrogens with zero attached hydrogens (tertiary/aromatic N) is 1. The fraction of sp³-hybridized carbons (Fsp3) is 0.280. The van der Waals surface area contributed by atoms with Gasteiger partial charge in [0.05, 0.1) is 4.90 Å². The van der Waals surface area contributed by atoms with Gasteiger partial charge in [-0.15, -0.1) is 12.4 Å². The summed E-state index contributed by atoms with van der Waals surface area (Å²) in [5, 5.41) is 11.2. The number of aryl methyl sites for hydroxylation is 1. The predicted octanol–water partition coefficient (Wildman–Crippen LogP) is 5.23. The van der Waals surface area contributed by atoms with Crippen molar-refractivity contribution in [1.82, 2.24) is 4.90 Å². The van der Waals surface area contributed by atoms with E-state index in [-0.39, 0.29) is 27.9 Å². The minimum absolute atomic E-state index is 0. The first-order valence-electron chi connectivity index (χ1n) is 10.4. The van der Waals surface area contributed by atoms with Gasteiger partial charge in [0.15, 0.2) is 0 Å². The lowest BCUT2D eigenvalue weighted by atomic mass is 10.0. The van der Waals surface area contributed by atoms with Crippen molar-refractivity contribution in [3.63, 3.8) is 0 Å². The van der Waals surface area contributed by atoms with Gasteiger partial charge in [-0.3, -0.25) is 0 Å². The molecule has 1 N–H and O–H groups in total. The summed E-state index contributed by atoms with van der Waals surface area (Å²) in [6.07, 6.45) is 2.27. The van der Waals surface area contributed by atoms with Gasteiger partial charge in [0, 0.05) is 18.1 Å². The number of rotatable bonds is 4. The first kappa shape index (κ1) is 24.6. The second-order valence-corrected chi connectivity index (χ2v) is 10.6. The van der Waals surface area contributed by atoms with E-state index in [1.165, 1.54) is 0 Å². The van der Waals surface area contributed by atoms with Crippen LogP contribution < -0.4 is 0 Å². The van der Waals surface area contributed by atoms with Gasteiger partial charge in [0.25, 0.3) is 0 Å². The van der Waals surface area contributed by atoms with Gasteiger partial charge in [-0.05, 0) is 91.4 Å². The van der Waals surface area contributed by atoms with Gasteiger partial charge < -0.3 is 10.0 Å². The minimum Gasteiger partial charge on any atom is -0.507 e. The van der Waals surface area contributed by atoms with Crippen LogP contribution in [0.5, 0.6) is 5.75 Å². The summed E-state index contributed by atoms with van der Waals surface area (Å²) in [5.74, 6) is -0.177. The Balaban J connectivity index is 0.00000289. The Kier molecular flexibility index (Phi) is 7.56. The number of sulfone groups is 1. The molecule has 3 aromatic carbocycles. The summed E-state index contributed by atoms with van der Waals surface area (Å²) < 4.78 is 26.5. The molecule has 0 aromatic heterocycles. The van der Waals surface area contributed by atoms with Crippen LogP contribution in [0.1, 0.15) is 27.8 Å². The zero-order chi connectivity index (χ0) is 22.2. The smallest absolute Gasteiger partial charge is 0.210 e. The van der Waals surface area contributed by atoms with Crippen LogP contribution in [0, 0.1) is 6.92 Å². The number of aromatic hydroxyl groups is 1. The van der Waals surface area contributed by atoms with Gasteiger partial charge in [0.2, 0.25) is 9.84 Å². The summed E-state index contributed by atoms with van der Waals surface area (Å²) in [4.78, 5) is 2.38. The zero-order valence-electron chi connectivity index (χ0n) is 18.1. The third kappa shape index (κ3) is 5.12. The molecule has 4 rings (SSSR count). The average molecular weight is 492 g/mol. The van der Waals surface area contributed by atoms with Gasteiger partial charge >= 0.3 is 0 Å². The summed E-state index contributed by atoms with van der Waals surface area (Å²) in [6, 6.07) is 16.1. The van der Waals surface area contributed by atoms with Crippen molar-refractivity contribution in [2.75, 3.05) is 20.1 Å². The highest BCUT2D eigenvalue weighted by Gasteiger charge is 2.24. The molecule has 0 radical (unpaired) electrons. The molecule has 0 aliphatic carbocycles. The second-order valence-electron chi connectivity index (χ2n) is 8.30. The van der Waals surface area contributed by atoms with Crippen LogP contribution >= 0.6 is 24.0 Å². The summed E-state index contributed by atoms with van der Waals surface area (Å²) in [6.45, 7) is 3.73. The number of hydrogen-bond donors (Lipinski definition) is 1. The number of halogens is 2. The molecule has 0 saturated heterocycles. The highest BCUT2D eigenvalue weighted by molar-refractivity contribution is 7.91. The molecule has 1 aliphatic rings. The lowest BCUT2D eigenvalue weighted by Crippen LogP contribution is -2.20. The third-order valence-electron chi connectivity index (χ3n) is 5.96. The van der Waals surface area contributed by atoms with Crippen molar-refractivity contribution >= 4 is 33.8 Å². The van der Waals surface area contributed by atoms with Crippen molar-refractivity contribution < 1.29 is 13.5 Å². The first-order valence-corrected chi connectivity index (χ1v) is 12.2. The highest BCUT2D eigenvalue weighted by atomic mass is 35.5. The van der Waals surface area contributed by atoms with Gasteiger partial charge in [-0.1, -0.05) is 35.9 Å². The molecule has 0 fully saturated rings. The fourth-order valence-electron chi connectivity index (χ4n) is 4.03. The molecule has 0 atom stereocenters. The van der Waals surface area contributed by atoms with Gasteiger partial charge in [-0.25, -0.2) is 8.42 Å². The molecule has 0 amide bonds. The number of phenols is 1. The highest BCUT2D eigenvalue weighted by Crippen LogP contribution is 2.33. The Morgan fingerprint density at radius 1 is 0.938 bits per heavy atom. The van der Waals surface area contributed by atoms with E-state index in [1.54, 1.807) is 24.3 Å². The number of likely N-dealkylation sites (N-methyl/N-ethyl adjacent to an activating group) is 1. The SMILES string of the molecule is Cc1cc(Cc2ccc(S(=O)(=O)c3cc4c(cc3O)CCN(C)CC4)cc2)ccc1Cl.Cl.